The van der Waals surface area contributed by atoms with E-state index in [0.29, 0.717) is 25.3 Å². The minimum atomic E-state index is -0.476. The lowest BCUT2D eigenvalue weighted by Crippen LogP contribution is -2.35. The molecule has 0 spiro atoms. The van der Waals surface area contributed by atoms with Gasteiger partial charge in [0, 0.05) is 19.0 Å². The van der Waals surface area contributed by atoms with Gasteiger partial charge in [-0.2, -0.15) is 0 Å². The third-order valence-corrected chi connectivity index (χ3v) is 3.73. The molecule has 0 radical (unpaired) electrons. The highest BCUT2D eigenvalue weighted by molar-refractivity contribution is 5.89. The molecule has 5 heteroatoms. The van der Waals surface area contributed by atoms with Crippen LogP contribution in [-0.4, -0.2) is 42.3 Å². The van der Waals surface area contributed by atoms with Crippen LogP contribution in [0.25, 0.3) is 0 Å². The van der Waals surface area contributed by atoms with E-state index in [4.69, 9.17) is 9.47 Å². The van der Waals surface area contributed by atoms with Crippen LogP contribution in [0.15, 0.2) is 24.3 Å². The van der Waals surface area contributed by atoms with Gasteiger partial charge in [-0.05, 0) is 51.8 Å². The van der Waals surface area contributed by atoms with Crippen molar-refractivity contribution in [1.82, 2.24) is 4.90 Å². The van der Waals surface area contributed by atoms with Gasteiger partial charge >= 0.3 is 12.1 Å². The first-order chi connectivity index (χ1) is 10.8. The summed E-state index contributed by atoms with van der Waals surface area (Å²) in [5.74, 6) is -0.0281. The molecule has 1 aromatic carbocycles. The van der Waals surface area contributed by atoms with Crippen molar-refractivity contribution in [3.05, 3.63) is 35.4 Å². The summed E-state index contributed by atoms with van der Waals surface area (Å²) in [5.41, 5.74) is 1.21. The summed E-state index contributed by atoms with van der Waals surface area (Å²) in [4.78, 5) is 25.5. The first-order valence-electron chi connectivity index (χ1n) is 8.05. The van der Waals surface area contributed by atoms with E-state index in [1.807, 2.05) is 32.9 Å². The van der Waals surface area contributed by atoms with Crippen molar-refractivity contribution in [2.24, 2.45) is 0 Å². The van der Waals surface area contributed by atoms with Crippen LogP contribution in [-0.2, 0) is 9.47 Å². The second kappa shape index (κ2) is 7.02. The smallest absolute Gasteiger partial charge is 0.410 e. The summed E-state index contributed by atoms with van der Waals surface area (Å²) in [5, 5.41) is 0. The molecule has 1 aliphatic heterocycles. The SMILES string of the molecule is CCOC(=O)c1ccc([C@H]2CCN(C(=O)OC(C)(C)C)C2)cc1. The lowest BCUT2D eigenvalue weighted by Gasteiger charge is -2.24. The number of ether oxygens (including phenoxy) is 2. The molecule has 5 nitrogen and oxygen atoms in total. The van der Waals surface area contributed by atoms with Crippen molar-refractivity contribution in [3.8, 4) is 0 Å². The van der Waals surface area contributed by atoms with Crippen LogP contribution >= 0.6 is 0 Å². The van der Waals surface area contributed by atoms with Crippen molar-refractivity contribution in [2.75, 3.05) is 19.7 Å². The first kappa shape index (κ1) is 17.3. The van der Waals surface area contributed by atoms with Gasteiger partial charge in [-0.3, -0.25) is 0 Å². The van der Waals surface area contributed by atoms with Crippen LogP contribution in [0.5, 0.6) is 0 Å². The van der Waals surface area contributed by atoms with E-state index < -0.39 is 5.60 Å². The van der Waals surface area contributed by atoms with Crippen molar-refractivity contribution in [1.29, 1.82) is 0 Å². The molecule has 23 heavy (non-hydrogen) atoms. The fraction of sp³-hybridized carbons (Fsp3) is 0.556. The van der Waals surface area contributed by atoms with Gasteiger partial charge in [-0.15, -0.1) is 0 Å². The van der Waals surface area contributed by atoms with Crippen molar-refractivity contribution in [2.45, 2.75) is 45.6 Å². The number of hydrogen-bond acceptors (Lipinski definition) is 4. The van der Waals surface area contributed by atoms with E-state index in [9.17, 15) is 9.59 Å². The third-order valence-electron chi connectivity index (χ3n) is 3.73. The Labute approximate surface area is 137 Å². The van der Waals surface area contributed by atoms with Crippen molar-refractivity contribution in [3.63, 3.8) is 0 Å². The lowest BCUT2D eigenvalue weighted by molar-refractivity contribution is 0.0292. The van der Waals surface area contributed by atoms with Gasteiger partial charge in [0.25, 0.3) is 0 Å². The van der Waals surface area contributed by atoms with Gasteiger partial charge in [0.15, 0.2) is 0 Å². The van der Waals surface area contributed by atoms with E-state index >= 15 is 0 Å². The van der Waals surface area contributed by atoms with E-state index in [2.05, 4.69) is 0 Å². The minimum absolute atomic E-state index is 0.261. The second-order valence-electron chi connectivity index (χ2n) is 6.75. The molecule has 1 aromatic rings. The molecule has 0 bridgehead atoms. The number of amides is 1. The molecule has 1 saturated heterocycles. The molecule has 1 heterocycles. The van der Waals surface area contributed by atoms with Crippen molar-refractivity contribution < 1.29 is 19.1 Å². The molecule has 1 atom stereocenters. The highest BCUT2D eigenvalue weighted by Gasteiger charge is 2.30. The Morgan fingerprint density at radius 3 is 2.43 bits per heavy atom. The van der Waals surface area contributed by atoms with Crippen LogP contribution in [0.1, 0.15) is 56.0 Å². The fourth-order valence-electron chi connectivity index (χ4n) is 2.63. The molecule has 0 N–H and O–H groups in total. The van der Waals surface area contributed by atoms with E-state index in [0.717, 1.165) is 12.0 Å². The van der Waals surface area contributed by atoms with Gasteiger partial charge in [0.2, 0.25) is 0 Å². The molecule has 0 aromatic heterocycles. The Bertz CT molecular complexity index is 559. The van der Waals surface area contributed by atoms with E-state index in [1.165, 1.54) is 0 Å². The average Bonchev–Trinajstić information content (AvgIpc) is 2.96. The maximum absolute atomic E-state index is 12.1. The van der Waals surface area contributed by atoms with Crippen LogP contribution in [0.4, 0.5) is 4.79 Å². The molecular formula is C18H25NO4. The molecule has 2 rings (SSSR count). The monoisotopic (exact) mass is 319 g/mol. The molecule has 1 aliphatic rings. The van der Waals surface area contributed by atoms with Gasteiger partial charge in [0.1, 0.15) is 5.60 Å². The summed E-state index contributed by atoms with van der Waals surface area (Å²) < 4.78 is 10.4. The number of likely N-dealkylation sites (tertiary alicyclic amines) is 1. The maximum Gasteiger partial charge on any atom is 0.410 e. The number of carbonyl (C=O) groups is 2. The standard InChI is InChI=1S/C18H25NO4/c1-5-22-16(20)14-8-6-13(7-9-14)15-10-11-19(12-15)17(21)23-18(2,3)4/h6-9,15H,5,10-12H2,1-4H3/t15-/m0/s1. The van der Waals surface area contributed by atoms with Crippen LogP contribution < -0.4 is 0 Å². The predicted molar refractivity (Wildman–Crippen MR) is 87.6 cm³/mol. The minimum Gasteiger partial charge on any atom is -0.462 e. The van der Waals surface area contributed by atoms with Gasteiger partial charge in [-0.25, -0.2) is 9.59 Å². The Morgan fingerprint density at radius 2 is 1.87 bits per heavy atom. The summed E-state index contributed by atoms with van der Waals surface area (Å²) in [6.45, 7) is 9.10. The predicted octanol–water partition coefficient (Wildman–Crippen LogP) is 3.59. The zero-order valence-corrected chi connectivity index (χ0v) is 14.3. The molecule has 1 amide bonds. The van der Waals surface area contributed by atoms with Crippen LogP contribution in [0, 0.1) is 0 Å². The Kier molecular flexibility index (Phi) is 5.29. The largest absolute Gasteiger partial charge is 0.462 e. The summed E-state index contributed by atoms with van der Waals surface area (Å²) in [7, 11) is 0. The summed E-state index contributed by atoms with van der Waals surface area (Å²) in [6, 6.07) is 7.44. The molecule has 1 fully saturated rings. The number of rotatable bonds is 3. The van der Waals surface area contributed by atoms with E-state index in [-0.39, 0.29) is 18.0 Å². The zero-order chi connectivity index (χ0) is 17.0. The first-order valence-corrected chi connectivity index (χ1v) is 8.05. The molecule has 126 valence electrons. The maximum atomic E-state index is 12.1. The Hall–Kier alpha value is -2.04. The van der Waals surface area contributed by atoms with Gasteiger partial charge in [0.05, 0.1) is 12.2 Å². The third kappa shape index (κ3) is 4.71. The van der Waals surface area contributed by atoms with E-state index in [1.54, 1.807) is 24.0 Å². The molecule has 0 aliphatic carbocycles. The highest BCUT2D eigenvalue weighted by atomic mass is 16.6. The second-order valence-corrected chi connectivity index (χ2v) is 6.75. The lowest BCUT2D eigenvalue weighted by atomic mass is 9.97. The Morgan fingerprint density at radius 1 is 1.22 bits per heavy atom. The summed E-state index contributed by atoms with van der Waals surface area (Å²) >= 11 is 0. The average molecular weight is 319 g/mol. The normalized spacial score (nSPS) is 17.9. The van der Waals surface area contributed by atoms with Crippen molar-refractivity contribution >= 4 is 12.1 Å². The Balaban J connectivity index is 1.96. The number of benzene rings is 1. The fourth-order valence-corrected chi connectivity index (χ4v) is 2.63. The quantitative estimate of drug-likeness (QED) is 0.799. The number of carbonyl (C=O) groups excluding carboxylic acids is 2. The van der Waals surface area contributed by atoms with Crippen LogP contribution in [0.2, 0.25) is 0 Å². The highest BCUT2D eigenvalue weighted by Crippen LogP contribution is 2.28. The number of nitrogens with zero attached hydrogens (tertiary/aromatic N) is 1. The zero-order valence-electron chi connectivity index (χ0n) is 14.3. The van der Waals surface area contributed by atoms with Gasteiger partial charge in [-0.1, -0.05) is 12.1 Å². The summed E-state index contributed by atoms with van der Waals surface area (Å²) in [6.07, 6.45) is 0.640. The number of hydrogen-bond donors (Lipinski definition) is 0. The molecule has 0 saturated carbocycles. The number of esters is 1. The molecule has 0 unspecified atom stereocenters. The topological polar surface area (TPSA) is 55.8 Å². The van der Waals surface area contributed by atoms with Crippen LogP contribution in [0.3, 0.4) is 0 Å². The molecular weight excluding hydrogens is 294 g/mol. The van der Waals surface area contributed by atoms with Gasteiger partial charge < -0.3 is 14.4 Å².